The van der Waals surface area contributed by atoms with Gasteiger partial charge in [-0.3, -0.25) is 4.79 Å². The van der Waals surface area contributed by atoms with Gasteiger partial charge in [0.25, 0.3) is 0 Å². The highest BCUT2D eigenvalue weighted by Gasteiger charge is 2.30. The Morgan fingerprint density at radius 2 is 1.74 bits per heavy atom. The summed E-state index contributed by atoms with van der Waals surface area (Å²) in [5.41, 5.74) is 10.7. The van der Waals surface area contributed by atoms with Crippen LogP contribution in [0, 0.1) is 0 Å². The molecule has 39 heavy (non-hydrogen) atoms. The van der Waals surface area contributed by atoms with Crippen molar-refractivity contribution in [3.63, 3.8) is 0 Å². The zero-order valence-electron chi connectivity index (χ0n) is 22.4. The molecule has 5 rings (SSSR count). The lowest BCUT2D eigenvalue weighted by atomic mass is 9.88. The Bertz CT molecular complexity index is 1370. The second-order valence-corrected chi connectivity index (χ2v) is 13.2. The summed E-state index contributed by atoms with van der Waals surface area (Å²) in [5.74, 6) is 0.0224. The predicted octanol–water partition coefficient (Wildman–Crippen LogP) is 3.66. The molecule has 0 unspecified atom stereocenters. The molecular weight excluding hydrogens is 512 g/mol. The number of rotatable bonds is 10. The van der Waals surface area contributed by atoms with Crippen molar-refractivity contribution < 1.29 is 18.3 Å². The molecule has 8 nitrogen and oxygen atoms in total. The molecular formula is C30H40N4O4S. The van der Waals surface area contributed by atoms with Crippen LogP contribution in [-0.2, 0) is 21.2 Å². The van der Waals surface area contributed by atoms with Crippen LogP contribution in [0.25, 0.3) is 22.0 Å². The van der Waals surface area contributed by atoms with E-state index in [0.717, 1.165) is 66.1 Å². The van der Waals surface area contributed by atoms with E-state index in [1.165, 1.54) is 5.56 Å². The zero-order chi connectivity index (χ0) is 27.4. The van der Waals surface area contributed by atoms with Crippen molar-refractivity contribution in [1.82, 2.24) is 14.6 Å². The predicted molar refractivity (Wildman–Crippen MR) is 155 cm³/mol. The number of fused-ring (bicyclic) bond motifs is 1. The number of benzene rings is 2. The number of amides is 1. The highest BCUT2D eigenvalue weighted by molar-refractivity contribution is 7.89. The first-order valence-corrected chi connectivity index (χ1v) is 15.8. The van der Waals surface area contributed by atoms with Gasteiger partial charge in [0, 0.05) is 36.2 Å². The summed E-state index contributed by atoms with van der Waals surface area (Å²) in [4.78, 5) is 15.2. The fourth-order valence-electron chi connectivity index (χ4n) is 6.20. The molecule has 2 aromatic carbocycles. The minimum absolute atomic E-state index is 0.157. The first-order chi connectivity index (χ1) is 18.8. The summed E-state index contributed by atoms with van der Waals surface area (Å²) in [6, 6.07) is 14.7. The summed E-state index contributed by atoms with van der Waals surface area (Å²) in [5, 5.41) is 14.2. The third kappa shape index (κ3) is 6.72. The van der Waals surface area contributed by atoms with Crippen LogP contribution in [0.2, 0.25) is 0 Å². The highest BCUT2D eigenvalue weighted by Crippen LogP contribution is 2.37. The second-order valence-electron chi connectivity index (χ2n) is 11.1. The maximum Gasteiger partial charge on any atom is 0.221 e. The molecule has 1 aliphatic heterocycles. The standard InChI is InChI=1S/C30H40N4O4S/c31-29(36)19-24-17-23(21-5-2-1-3-6-21)18-27-28(20-33-30(24)27)22-11-14-34(15-12-22)39(37,38)16-4-13-32-25-7-9-26(35)10-8-25/h1-3,5-6,17-18,20,22,25-26,32-33,35H,4,7-16,19H2,(H2,31,36). The smallest absolute Gasteiger partial charge is 0.221 e. The van der Waals surface area contributed by atoms with E-state index in [-0.39, 0.29) is 30.1 Å². The first kappa shape index (κ1) is 27.8. The number of hydrogen-bond donors (Lipinski definition) is 4. The second kappa shape index (κ2) is 12.2. The summed E-state index contributed by atoms with van der Waals surface area (Å²) in [6.07, 6.45) is 7.65. The van der Waals surface area contributed by atoms with Crippen LogP contribution in [0.1, 0.15) is 62.0 Å². The molecule has 1 saturated carbocycles. The third-order valence-corrected chi connectivity index (χ3v) is 10.3. The molecule has 5 N–H and O–H groups in total. The maximum atomic E-state index is 13.0. The molecule has 210 valence electrons. The van der Waals surface area contributed by atoms with E-state index in [9.17, 15) is 18.3 Å². The van der Waals surface area contributed by atoms with Gasteiger partial charge in [-0.1, -0.05) is 30.3 Å². The van der Waals surface area contributed by atoms with Crippen molar-refractivity contribution >= 4 is 26.8 Å². The van der Waals surface area contributed by atoms with Crippen molar-refractivity contribution in [3.8, 4) is 11.1 Å². The van der Waals surface area contributed by atoms with Crippen LogP contribution in [0.3, 0.4) is 0 Å². The number of nitrogens with one attached hydrogen (secondary N) is 2. The number of hydrogen-bond acceptors (Lipinski definition) is 5. The van der Waals surface area contributed by atoms with Crippen LogP contribution in [-0.4, -0.2) is 66.3 Å². The largest absolute Gasteiger partial charge is 0.393 e. The number of carbonyl (C=O) groups is 1. The number of sulfonamides is 1. The van der Waals surface area contributed by atoms with Gasteiger partial charge >= 0.3 is 0 Å². The summed E-state index contributed by atoms with van der Waals surface area (Å²) < 4.78 is 27.8. The van der Waals surface area contributed by atoms with E-state index in [1.807, 2.05) is 30.5 Å². The van der Waals surface area contributed by atoms with Gasteiger partial charge in [0.05, 0.1) is 18.3 Å². The number of aliphatic hydroxyl groups is 1. The Labute approximate surface area is 231 Å². The quantitative estimate of drug-likeness (QED) is 0.286. The van der Waals surface area contributed by atoms with E-state index in [2.05, 4.69) is 28.5 Å². The summed E-state index contributed by atoms with van der Waals surface area (Å²) in [6.45, 7) is 1.71. The van der Waals surface area contributed by atoms with Crippen LogP contribution in [0.15, 0.2) is 48.7 Å². The third-order valence-electron chi connectivity index (χ3n) is 8.37. The summed E-state index contributed by atoms with van der Waals surface area (Å²) in [7, 11) is -3.30. The first-order valence-electron chi connectivity index (χ1n) is 14.2. The van der Waals surface area contributed by atoms with E-state index < -0.39 is 10.0 Å². The average molecular weight is 553 g/mol. The van der Waals surface area contributed by atoms with Crippen molar-refractivity contribution in [2.75, 3.05) is 25.4 Å². The lowest BCUT2D eigenvalue weighted by molar-refractivity contribution is -0.117. The van der Waals surface area contributed by atoms with Gasteiger partial charge in [0.2, 0.25) is 15.9 Å². The van der Waals surface area contributed by atoms with Crippen molar-refractivity contribution in [1.29, 1.82) is 0 Å². The molecule has 0 bridgehead atoms. The number of nitrogens with two attached hydrogens (primary N) is 1. The van der Waals surface area contributed by atoms with Crippen LogP contribution < -0.4 is 11.1 Å². The highest BCUT2D eigenvalue weighted by atomic mass is 32.2. The van der Waals surface area contributed by atoms with Crippen molar-refractivity contribution in [2.24, 2.45) is 5.73 Å². The number of aromatic amines is 1. The maximum absolute atomic E-state index is 13.0. The normalized spacial score (nSPS) is 21.4. The van der Waals surface area contributed by atoms with Crippen molar-refractivity contribution in [3.05, 3.63) is 59.8 Å². The molecule has 0 spiro atoms. The van der Waals surface area contributed by atoms with E-state index >= 15 is 0 Å². The minimum atomic E-state index is -3.30. The molecule has 0 radical (unpaired) electrons. The van der Waals surface area contributed by atoms with Gasteiger partial charge < -0.3 is 21.1 Å². The van der Waals surface area contributed by atoms with Crippen molar-refractivity contribution in [2.45, 2.75) is 69.4 Å². The number of primary amides is 1. The Kier molecular flexibility index (Phi) is 8.71. The molecule has 2 fully saturated rings. The van der Waals surface area contributed by atoms with Gasteiger partial charge in [-0.15, -0.1) is 0 Å². The molecule has 2 aliphatic rings. The van der Waals surface area contributed by atoms with Gasteiger partial charge in [-0.2, -0.15) is 0 Å². The monoisotopic (exact) mass is 552 g/mol. The SMILES string of the molecule is NC(=O)Cc1cc(-c2ccccc2)cc2c(C3CCN(S(=O)(=O)CCCNC4CCC(O)CC4)CC3)c[nH]c12. The molecule has 1 saturated heterocycles. The fourth-order valence-corrected chi connectivity index (χ4v) is 7.74. The summed E-state index contributed by atoms with van der Waals surface area (Å²) >= 11 is 0. The number of carbonyl (C=O) groups excluding carboxylic acids is 1. The molecule has 9 heteroatoms. The molecule has 1 aliphatic carbocycles. The lowest BCUT2D eigenvalue weighted by Gasteiger charge is -2.31. The molecule has 1 aromatic heterocycles. The number of H-pyrrole nitrogens is 1. The number of aromatic nitrogens is 1. The molecule has 3 aromatic rings. The number of piperidine rings is 1. The van der Waals surface area contributed by atoms with Gasteiger partial charge in [0.1, 0.15) is 0 Å². The van der Waals surface area contributed by atoms with Crippen LogP contribution in [0.4, 0.5) is 0 Å². The van der Waals surface area contributed by atoms with E-state index in [0.29, 0.717) is 32.1 Å². The van der Waals surface area contributed by atoms with Gasteiger partial charge in [0.15, 0.2) is 0 Å². The Morgan fingerprint density at radius 3 is 2.44 bits per heavy atom. The molecule has 2 heterocycles. The Hall–Kier alpha value is -2.72. The minimum Gasteiger partial charge on any atom is -0.393 e. The van der Waals surface area contributed by atoms with Crippen LogP contribution in [0.5, 0.6) is 0 Å². The van der Waals surface area contributed by atoms with Gasteiger partial charge in [-0.05, 0) is 91.8 Å². The van der Waals surface area contributed by atoms with E-state index in [4.69, 9.17) is 5.73 Å². The topological polar surface area (TPSA) is 129 Å². The zero-order valence-corrected chi connectivity index (χ0v) is 23.3. The Morgan fingerprint density at radius 1 is 1.03 bits per heavy atom. The molecule has 0 atom stereocenters. The fraction of sp³-hybridized carbons (Fsp3) is 0.500. The van der Waals surface area contributed by atoms with Crippen LogP contribution >= 0.6 is 0 Å². The Balaban J connectivity index is 1.23. The average Bonchev–Trinajstić information content (AvgIpc) is 3.37. The molecule has 1 amide bonds. The van der Waals surface area contributed by atoms with Gasteiger partial charge in [-0.25, -0.2) is 12.7 Å². The lowest BCUT2D eigenvalue weighted by Crippen LogP contribution is -2.40. The van der Waals surface area contributed by atoms with E-state index in [1.54, 1.807) is 4.31 Å². The number of nitrogens with zero attached hydrogens (tertiary/aromatic N) is 1. The number of aliphatic hydroxyl groups excluding tert-OH is 1.